The summed E-state index contributed by atoms with van der Waals surface area (Å²) >= 11 is 0. The van der Waals surface area contributed by atoms with Crippen LogP contribution in [-0.2, 0) is 16.1 Å². The number of nitrogens with one attached hydrogen (secondary N) is 1. The van der Waals surface area contributed by atoms with Gasteiger partial charge in [0.05, 0.1) is 19.6 Å². The molecule has 1 aliphatic heterocycles. The Morgan fingerprint density at radius 2 is 1.91 bits per heavy atom. The zero-order chi connectivity index (χ0) is 23.1. The van der Waals surface area contributed by atoms with E-state index in [1.807, 2.05) is 25.2 Å². The number of ether oxygens (including phenoxy) is 1. The summed E-state index contributed by atoms with van der Waals surface area (Å²) in [5.41, 5.74) is 1.10. The Bertz CT molecular complexity index is 930. The number of rotatable bonds is 9. The third-order valence-electron chi connectivity index (χ3n) is 6.51. The maximum absolute atomic E-state index is 13.0. The van der Waals surface area contributed by atoms with Gasteiger partial charge in [-0.2, -0.15) is 0 Å². The first-order chi connectivity index (χ1) is 15.4. The van der Waals surface area contributed by atoms with Crippen LogP contribution in [0.3, 0.4) is 0 Å². The van der Waals surface area contributed by atoms with Crippen LogP contribution in [0, 0.1) is 5.92 Å². The van der Waals surface area contributed by atoms with Crippen LogP contribution in [0.2, 0.25) is 0 Å². The van der Waals surface area contributed by atoms with Crippen LogP contribution in [0.1, 0.15) is 45.1 Å². The van der Waals surface area contributed by atoms with Gasteiger partial charge in [0, 0.05) is 32.7 Å². The van der Waals surface area contributed by atoms with Crippen LogP contribution in [0.5, 0.6) is 5.75 Å². The van der Waals surface area contributed by atoms with E-state index < -0.39 is 0 Å². The standard InChI is InChI=1S/C26H37N3O3/c1-5-6-13-27-26(31)23-9-7-19(2)29(17-23)18-25(30)28(3)16-20-8-10-22-15-24(32-4)12-11-21(22)14-20/h8,10-12,14-15,19,23H,5-7,9,13,16-18H2,1-4H3,(H,27,31). The molecule has 1 aliphatic rings. The molecule has 174 valence electrons. The molecule has 0 bridgehead atoms. The van der Waals surface area contributed by atoms with Crippen LogP contribution < -0.4 is 10.1 Å². The molecule has 0 aromatic heterocycles. The van der Waals surface area contributed by atoms with Gasteiger partial charge in [-0.25, -0.2) is 0 Å². The van der Waals surface area contributed by atoms with E-state index in [0.717, 1.165) is 54.3 Å². The molecule has 6 nitrogen and oxygen atoms in total. The summed E-state index contributed by atoms with van der Waals surface area (Å²) in [5, 5.41) is 5.30. The number of amides is 2. The van der Waals surface area contributed by atoms with Crippen LogP contribution in [-0.4, -0.2) is 61.4 Å². The average Bonchev–Trinajstić information content (AvgIpc) is 2.80. The van der Waals surface area contributed by atoms with E-state index in [9.17, 15) is 9.59 Å². The van der Waals surface area contributed by atoms with E-state index in [-0.39, 0.29) is 17.7 Å². The van der Waals surface area contributed by atoms with Gasteiger partial charge in [-0.05, 0) is 60.7 Å². The van der Waals surface area contributed by atoms with E-state index in [0.29, 0.717) is 25.7 Å². The number of nitrogens with zero attached hydrogens (tertiary/aromatic N) is 2. The maximum Gasteiger partial charge on any atom is 0.236 e. The van der Waals surface area contributed by atoms with Crippen molar-refractivity contribution in [3.63, 3.8) is 0 Å². The maximum atomic E-state index is 13.0. The molecule has 0 spiro atoms. The van der Waals surface area contributed by atoms with Gasteiger partial charge >= 0.3 is 0 Å². The van der Waals surface area contributed by atoms with Crippen LogP contribution in [0.15, 0.2) is 36.4 Å². The molecule has 32 heavy (non-hydrogen) atoms. The number of hydrogen-bond acceptors (Lipinski definition) is 4. The molecule has 0 radical (unpaired) electrons. The number of methoxy groups -OCH3 is 1. The number of likely N-dealkylation sites (N-methyl/N-ethyl adjacent to an activating group) is 1. The van der Waals surface area contributed by atoms with Gasteiger partial charge in [0.1, 0.15) is 5.75 Å². The molecule has 6 heteroatoms. The Hall–Kier alpha value is -2.60. The minimum Gasteiger partial charge on any atom is -0.497 e. The van der Waals surface area contributed by atoms with E-state index in [1.54, 1.807) is 12.0 Å². The van der Waals surface area contributed by atoms with E-state index in [4.69, 9.17) is 4.74 Å². The second-order valence-corrected chi connectivity index (χ2v) is 8.99. The zero-order valence-electron chi connectivity index (χ0n) is 19.9. The zero-order valence-corrected chi connectivity index (χ0v) is 19.9. The van der Waals surface area contributed by atoms with Crippen molar-refractivity contribution in [3.05, 3.63) is 42.0 Å². The Morgan fingerprint density at radius 1 is 1.16 bits per heavy atom. The van der Waals surface area contributed by atoms with E-state index >= 15 is 0 Å². The smallest absolute Gasteiger partial charge is 0.236 e. The van der Waals surface area contributed by atoms with Gasteiger partial charge < -0.3 is 15.0 Å². The summed E-state index contributed by atoms with van der Waals surface area (Å²) in [6.45, 7) is 6.56. The number of fused-ring (bicyclic) bond motifs is 1. The fourth-order valence-electron chi connectivity index (χ4n) is 4.30. The first-order valence-electron chi connectivity index (χ1n) is 11.7. The third-order valence-corrected chi connectivity index (χ3v) is 6.51. The quantitative estimate of drug-likeness (QED) is 0.604. The molecular weight excluding hydrogens is 402 g/mol. The van der Waals surface area contributed by atoms with Gasteiger partial charge in [-0.15, -0.1) is 0 Å². The molecule has 2 atom stereocenters. The lowest BCUT2D eigenvalue weighted by Gasteiger charge is -2.37. The van der Waals surface area contributed by atoms with Crippen LogP contribution in [0.25, 0.3) is 10.8 Å². The van der Waals surface area contributed by atoms with Crippen LogP contribution in [0.4, 0.5) is 0 Å². The molecule has 2 amide bonds. The van der Waals surface area contributed by atoms with Crippen molar-refractivity contribution >= 4 is 22.6 Å². The summed E-state index contributed by atoms with van der Waals surface area (Å²) in [7, 11) is 3.52. The van der Waals surface area contributed by atoms with E-state index in [1.165, 1.54) is 0 Å². The van der Waals surface area contributed by atoms with Crippen molar-refractivity contribution in [2.45, 2.75) is 52.1 Å². The molecule has 1 heterocycles. The molecule has 0 aliphatic carbocycles. The predicted octanol–water partition coefficient (Wildman–Crippen LogP) is 3.82. The molecule has 0 saturated carbocycles. The Kier molecular flexibility index (Phi) is 8.51. The lowest BCUT2D eigenvalue weighted by molar-refractivity contribution is -0.135. The van der Waals surface area contributed by atoms with E-state index in [2.05, 4.69) is 42.3 Å². The number of piperidine rings is 1. The fourth-order valence-corrected chi connectivity index (χ4v) is 4.30. The van der Waals surface area contributed by atoms with Crippen molar-refractivity contribution in [1.29, 1.82) is 0 Å². The van der Waals surface area contributed by atoms with Gasteiger partial charge in [-0.1, -0.05) is 31.5 Å². The average molecular weight is 440 g/mol. The molecule has 1 N–H and O–H groups in total. The number of hydrogen-bond donors (Lipinski definition) is 1. The van der Waals surface area contributed by atoms with Crippen molar-refractivity contribution < 1.29 is 14.3 Å². The molecule has 1 saturated heterocycles. The van der Waals surface area contributed by atoms with Crippen molar-refractivity contribution in [1.82, 2.24) is 15.1 Å². The molecule has 3 rings (SSSR count). The normalized spacial score (nSPS) is 19.0. The highest BCUT2D eigenvalue weighted by atomic mass is 16.5. The SMILES string of the molecule is CCCCNC(=O)C1CCC(C)N(CC(=O)N(C)Cc2ccc3cc(OC)ccc3c2)C1. The van der Waals surface area contributed by atoms with Crippen molar-refractivity contribution in [2.75, 3.05) is 33.8 Å². The predicted molar refractivity (Wildman–Crippen MR) is 129 cm³/mol. The van der Waals surface area contributed by atoms with Gasteiger partial charge in [-0.3, -0.25) is 14.5 Å². The molecule has 1 fully saturated rings. The number of carbonyl (C=O) groups is 2. The minimum absolute atomic E-state index is 0.0290. The number of carbonyl (C=O) groups excluding carboxylic acids is 2. The molecular formula is C26H37N3O3. The largest absolute Gasteiger partial charge is 0.497 e. The van der Waals surface area contributed by atoms with Gasteiger partial charge in [0.2, 0.25) is 11.8 Å². The highest BCUT2D eigenvalue weighted by molar-refractivity contribution is 5.85. The highest BCUT2D eigenvalue weighted by Crippen LogP contribution is 2.24. The minimum atomic E-state index is -0.0290. The Balaban J connectivity index is 1.56. The van der Waals surface area contributed by atoms with Crippen molar-refractivity contribution in [3.8, 4) is 5.75 Å². The van der Waals surface area contributed by atoms with Gasteiger partial charge in [0.15, 0.2) is 0 Å². The number of likely N-dealkylation sites (tertiary alicyclic amines) is 1. The number of benzene rings is 2. The monoisotopic (exact) mass is 439 g/mol. The third kappa shape index (κ3) is 6.22. The van der Waals surface area contributed by atoms with Gasteiger partial charge in [0.25, 0.3) is 0 Å². The topological polar surface area (TPSA) is 61.9 Å². The Labute approximate surface area is 191 Å². The summed E-state index contributed by atoms with van der Waals surface area (Å²) in [6.07, 6.45) is 3.91. The first-order valence-corrected chi connectivity index (χ1v) is 11.7. The number of unbranched alkanes of at least 4 members (excludes halogenated alkanes) is 1. The van der Waals surface area contributed by atoms with Crippen LogP contribution >= 0.6 is 0 Å². The lowest BCUT2D eigenvalue weighted by Crippen LogP contribution is -2.50. The summed E-state index contributed by atoms with van der Waals surface area (Å²) in [5.74, 6) is 1.02. The molecule has 2 unspecified atom stereocenters. The lowest BCUT2D eigenvalue weighted by atomic mass is 9.92. The molecule has 2 aromatic carbocycles. The molecule has 2 aromatic rings. The first kappa shape index (κ1) is 24.1. The second kappa shape index (κ2) is 11.3. The Morgan fingerprint density at radius 3 is 2.66 bits per heavy atom. The summed E-state index contributed by atoms with van der Waals surface area (Å²) < 4.78 is 5.29. The summed E-state index contributed by atoms with van der Waals surface area (Å²) in [6, 6.07) is 12.6. The summed E-state index contributed by atoms with van der Waals surface area (Å²) in [4.78, 5) is 29.4. The second-order valence-electron chi connectivity index (χ2n) is 8.99. The van der Waals surface area contributed by atoms with Crippen molar-refractivity contribution in [2.24, 2.45) is 5.92 Å². The fraction of sp³-hybridized carbons (Fsp3) is 0.538. The highest BCUT2D eigenvalue weighted by Gasteiger charge is 2.31.